The van der Waals surface area contributed by atoms with Crippen LogP contribution in [0.2, 0.25) is 0 Å². The molecule has 0 heterocycles. The molecule has 0 aliphatic heterocycles. The molecule has 0 nitrogen and oxygen atoms in total. The van der Waals surface area contributed by atoms with Gasteiger partial charge in [0.05, 0.1) is 6.67 Å². The fourth-order valence-corrected chi connectivity index (χ4v) is 0.803. The summed E-state index contributed by atoms with van der Waals surface area (Å²) in [5, 5.41) is 0. The van der Waals surface area contributed by atoms with Gasteiger partial charge in [-0.25, -0.2) is 4.39 Å². The van der Waals surface area contributed by atoms with Gasteiger partial charge in [0.2, 0.25) is 0 Å². The molecule has 54 valence electrons. The maximum absolute atomic E-state index is 12.6. The second kappa shape index (κ2) is 3.30. The van der Waals surface area contributed by atoms with Crippen molar-refractivity contribution in [2.75, 3.05) is 6.67 Å². The van der Waals surface area contributed by atoms with E-state index in [-0.39, 0.29) is 12.2 Å². The summed E-state index contributed by atoms with van der Waals surface area (Å²) in [7, 11) is 0. The van der Waals surface area contributed by atoms with Crippen molar-refractivity contribution in [2.24, 2.45) is 0 Å². The molecule has 0 aliphatic rings. The first-order valence-corrected chi connectivity index (χ1v) is 3.14. The fraction of sp³-hybridized carbons (Fsp3) is 0.250. The van der Waals surface area contributed by atoms with Gasteiger partial charge in [0, 0.05) is 6.42 Å². The highest BCUT2D eigenvalue weighted by atomic mass is 19.1. The smallest absolute Gasteiger partial charge is 0.126 e. The van der Waals surface area contributed by atoms with E-state index in [0.29, 0.717) is 5.56 Å². The molecule has 10 heavy (non-hydrogen) atoms. The summed E-state index contributed by atoms with van der Waals surface area (Å²) < 4.78 is 24.3. The van der Waals surface area contributed by atoms with Gasteiger partial charge in [0.15, 0.2) is 0 Å². The van der Waals surface area contributed by atoms with Crippen LogP contribution in [-0.4, -0.2) is 6.67 Å². The number of rotatable bonds is 2. The van der Waals surface area contributed by atoms with Crippen LogP contribution in [0, 0.1) is 5.82 Å². The van der Waals surface area contributed by atoms with Crippen LogP contribution >= 0.6 is 0 Å². The molecule has 0 amide bonds. The highest BCUT2D eigenvalue weighted by molar-refractivity contribution is 5.17. The highest BCUT2D eigenvalue weighted by Gasteiger charge is 1.97. The average Bonchev–Trinajstić information content (AvgIpc) is 1.94. The van der Waals surface area contributed by atoms with Crippen LogP contribution in [-0.2, 0) is 6.42 Å². The topological polar surface area (TPSA) is 0 Å². The third-order valence-electron chi connectivity index (χ3n) is 1.32. The van der Waals surface area contributed by atoms with Crippen molar-refractivity contribution < 1.29 is 8.78 Å². The quantitative estimate of drug-likeness (QED) is 0.594. The molecule has 0 bridgehead atoms. The summed E-state index contributed by atoms with van der Waals surface area (Å²) in [5.74, 6) is -0.319. The monoisotopic (exact) mass is 142 g/mol. The molecule has 0 spiro atoms. The Bertz CT molecular complexity index is 208. The van der Waals surface area contributed by atoms with Crippen molar-refractivity contribution in [3.05, 3.63) is 35.6 Å². The van der Waals surface area contributed by atoms with Crippen LogP contribution in [0.4, 0.5) is 8.78 Å². The first-order valence-electron chi connectivity index (χ1n) is 3.14. The van der Waals surface area contributed by atoms with E-state index in [0.717, 1.165) is 0 Å². The van der Waals surface area contributed by atoms with Gasteiger partial charge in [0.25, 0.3) is 0 Å². The van der Waals surface area contributed by atoms with Crippen LogP contribution in [0.1, 0.15) is 5.56 Å². The van der Waals surface area contributed by atoms with E-state index in [4.69, 9.17) is 0 Å². The standard InChI is InChI=1S/C8H8F2/c9-6-5-7-3-1-2-4-8(7)10/h1-4H,5-6H2. The van der Waals surface area contributed by atoms with Gasteiger partial charge in [-0.1, -0.05) is 18.2 Å². The first kappa shape index (κ1) is 7.19. The lowest BCUT2D eigenvalue weighted by Crippen LogP contribution is -1.90. The normalized spacial score (nSPS) is 9.80. The molecular weight excluding hydrogens is 134 g/mol. The molecule has 0 unspecified atom stereocenters. The molecule has 0 fully saturated rings. The molecule has 0 saturated heterocycles. The van der Waals surface area contributed by atoms with Crippen LogP contribution in [0.25, 0.3) is 0 Å². The van der Waals surface area contributed by atoms with Crippen LogP contribution in [0.3, 0.4) is 0 Å². The van der Waals surface area contributed by atoms with E-state index in [2.05, 4.69) is 0 Å². The molecular formula is C8H8F2. The van der Waals surface area contributed by atoms with Gasteiger partial charge >= 0.3 is 0 Å². The maximum atomic E-state index is 12.6. The number of alkyl halides is 1. The Morgan fingerprint density at radius 1 is 1.20 bits per heavy atom. The molecule has 0 saturated carbocycles. The van der Waals surface area contributed by atoms with Crippen molar-refractivity contribution in [1.82, 2.24) is 0 Å². The average molecular weight is 142 g/mol. The third kappa shape index (κ3) is 1.53. The van der Waals surface area contributed by atoms with Gasteiger partial charge in [-0.15, -0.1) is 0 Å². The lowest BCUT2D eigenvalue weighted by Gasteiger charge is -1.96. The Labute approximate surface area is 58.5 Å². The molecule has 0 aliphatic carbocycles. The van der Waals surface area contributed by atoms with Crippen LogP contribution in [0.15, 0.2) is 24.3 Å². The predicted molar refractivity (Wildman–Crippen MR) is 36.1 cm³/mol. The van der Waals surface area contributed by atoms with Crippen LogP contribution in [0.5, 0.6) is 0 Å². The summed E-state index contributed by atoms with van der Waals surface area (Å²) in [4.78, 5) is 0. The molecule has 1 aromatic carbocycles. The van der Waals surface area contributed by atoms with Crippen LogP contribution < -0.4 is 0 Å². The van der Waals surface area contributed by atoms with E-state index in [1.165, 1.54) is 6.07 Å². The van der Waals surface area contributed by atoms with Crippen molar-refractivity contribution in [2.45, 2.75) is 6.42 Å². The van der Waals surface area contributed by atoms with Gasteiger partial charge in [-0.2, -0.15) is 0 Å². The zero-order valence-electron chi connectivity index (χ0n) is 5.48. The van der Waals surface area contributed by atoms with Crippen molar-refractivity contribution in [3.8, 4) is 0 Å². The molecule has 1 rings (SSSR count). The molecule has 1 aromatic rings. The first-order chi connectivity index (χ1) is 4.84. The van der Waals surface area contributed by atoms with Gasteiger partial charge < -0.3 is 0 Å². The van der Waals surface area contributed by atoms with E-state index >= 15 is 0 Å². The van der Waals surface area contributed by atoms with Crippen molar-refractivity contribution in [1.29, 1.82) is 0 Å². The Morgan fingerprint density at radius 2 is 1.90 bits per heavy atom. The molecule has 2 heteroatoms. The zero-order valence-corrected chi connectivity index (χ0v) is 5.48. The minimum absolute atomic E-state index is 0.173. The number of hydrogen-bond donors (Lipinski definition) is 0. The molecule has 0 N–H and O–H groups in total. The van der Waals surface area contributed by atoms with Gasteiger partial charge in [-0.3, -0.25) is 4.39 Å². The van der Waals surface area contributed by atoms with Crippen molar-refractivity contribution in [3.63, 3.8) is 0 Å². The lowest BCUT2D eigenvalue weighted by molar-refractivity contribution is 0.485. The summed E-state index contributed by atoms with van der Waals surface area (Å²) in [5.41, 5.74) is 0.449. The number of hydrogen-bond acceptors (Lipinski definition) is 0. The minimum Gasteiger partial charge on any atom is -0.251 e. The maximum Gasteiger partial charge on any atom is 0.126 e. The summed E-state index contributed by atoms with van der Waals surface area (Å²) in [6, 6.07) is 6.23. The van der Waals surface area contributed by atoms with E-state index in [1.54, 1.807) is 18.2 Å². The third-order valence-corrected chi connectivity index (χ3v) is 1.32. The predicted octanol–water partition coefficient (Wildman–Crippen LogP) is 2.34. The Kier molecular flexibility index (Phi) is 2.37. The Hall–Kier alpha value is -0.920. The van der Waals surface area contributed by atoms with E-state index in [1.807, 2.05) is 0 Å². The molecule has 0 atom stereocenters. The summed E-state index contributed by atoms with van der Waals surface area (Å²) in [6.45, 7) is -0.499. The second-order valence-electron chi connectivity index (χ2n) is 2.03. The molecule has 0 aromatic heterocycles. The van der Waals surface area contributed by atoms with Crippen molar-refractivity contribution >= 4 is 0 Å². The number of aryl methyl sites for hydroxylation is 1. The van der Waals surface area contributed by atoms with Gasteiger partial charge in [0.1, 0.15) is 5.82 Å². The largest absolute Gasteiger partial charge is 0.251 e. The second-order valence-corrected chi connectivity index (χ2v) is 2.03. The van der Waals surface area contributed by atoms with E-state index in [9.17, 15) is 8.78 Å². The highest BCUT2D eigenvalue weighted by Crippen LogP contribution is 2.06. The zero-order chi connectivity index (χ0) is 7.40. The minimum atomic E-state index is -0.499. The Morgan fingerprint density at radius 3 is 2.50 bits per heavy atom. The lowest BCUT2D eigenvalue weighted by atomic mass is 10.1. The SMILES string of the molecule is FCCc1ccccc1F. The van der Waals surface area contributed by atoms with Gasteiger partial charge in [-0.05, 0) is 11.6 Å². The summed E-state index contributed by atoms with van der Waals surface area (Å²) >= 11 is 0. The van der Waals surface area contributed by atoms with E-state index < -0.39 is 6.67 Å². The Balaban J connectivity index is 2.81. The number of halogens is 2. The fourth-order valence-electron chi connectivity index (χ4n) is 0.803. The molecule has 0 radical (unpaired) electrons. The summed E-state index contributed by atoms with van der Waals surface area (Å²) in [6.07, 6.45) is 0.173. The number of benzene rings is 1.